The molecule has 0 unspecified atom stereocenters. The van der Waals surface area contributed by atoms with Crippen molar-refractivity contribution in [3.05, 3.63) is 65.7 Å². The van der Waals surface area contributed by atoms with Gasteiger partial charge in [0.05, 0.1) is 12.5 Å². The molecule has 0 aliphatic heterocycles. The highest BCUT2D eigenvalue weighted by Gasteiger charge is 2.50. The number of methoxy groups -OCH3 is 1. The van der Waals surface area contributed by atoms with Gasteiger partial charge in [0.15, 0.2) is 5.78 Å². The molecule has 1 fully saturated rings. The monoisotopic (exact) mass is 252 g/mol. The van der Waals surface area contributed by atoms with Crippen molar-refractivity contribution >= 4 is 5.78 Å². The van der Waals surface area contributed by atoms with Crippen LogP contribution >= 0.6 is 0 Å². The van der Waals surface area contributed by atoms with E-state index in [0.29, 0.717) is 0 Å². The van der Waals surface area contributed by atoms with Gasteiger partial charge in [-0.1, -0.05) is 30.3 Å². The first-order valence-corrected chi connectivity index (χ1v) is 6.51. The molecule has 0 saturated heterocycles. The summed E-state index contributed by atoms with van der Waals surface area (Å²) in [4.78, 5) is 12.7. The van der Waals surface area contributed by atoms with Gasteiger partial charge in [0.2, 0.25) is 0 Å². The molecule has 1 aliphatic carbocycles. The Hall–Kier alpha value is -2.09. The van der Waals surface area contributed by atoms with E-state index in [2.05, 4.69) is 12.1 Å². The van der Waals surface area contributed by atoms with Crippen LogP contribution < -0.4 is 4.74 Å². The largest absolute Gasteiger partial charge is 0.497 e. The molecule has 0 amide bonds. The Labute approximate surface area is 113 Å². The molecule has 3 rings (SSSR count). The second-order valence-corrected chi connectivity index (χ2v) is 5.01. The predicted octanol–water partition coefficient (Wildman–Crippen LogP) is 3.61. The lowest BCUT2D eigenvalue weighted by Gasteiger charge is -2.14. The zero-order valence-corrected chi connectivity index (χ0v) is 10.9. The fraction of sp³-hybridized carbons (Fsp3) is 0.235. The summed E-state index contributed by atoms with van der Waals surface area (Å²) in [5.41, 5.74) is 1.62. The van der Waals surface area contributed by atoms with Crippen LogP contribution in [0.4, 0.5) is 0 Å². The fourth-order valence-electron chi connectivity index (χ4n) is 2.55. The smallest absolute Gasteiger partial charge is 0.173 e. The Kier molecular flexibility index (Phi) is 2.86. The van der Waals surface area contributed by atoms with Gasteiger partial charge in [-0.15, -0.1) is 0 Å². The van der Waals surface area contributed by atoms with E-state index in [1.54, 1.807) is 7.11 Å². The Morgan fingerprint density at radius 3 is 2.16 bits per heavy atom. The van der Waals surface area contributed by atoms with Crippen molar-refractivity contribution in [2.24, 2.45) is 0 Å². The Balaban J connectivity index is 1.91. The minimum absolute atomic E-state index is 0.223. The molecule has 0 bridgehead atoms. The molecule has 2 heteroatoms. The van der Waals surface area contributed by atoms with Crippen LogP contribution in [0.25, 0.3) is 0 Å². The predicted molar refractivity (Wildman–Crippen MR) is 74.7 cm³/mol. The molecule has 0 N–H and O–H groups in total. The normalized spacial score (nSPS) is 15.8. The van der Waals surface area contributed by atoms with Crippen LogP contribution in [0.15, 0.2) is 54.6 Å². The summed E-state index contributed by atoms with van der Waals surface area (Å²) in [6.07, 6.45) is 1.89. The van der Waals surface area contributed by atoms with E-state index in [-0.39, 0.29) is 11.2 Å². The Bertz CT molecular complexity index is 580. The first-order chi connectivity index (χ1) is 9.26. The number of rotatable bonds is 4. The van der Waals surface area contributed by atoms with Gasteiger partial charge in [-0.3, -0.25) is 4.79 Å². The van der Waals surface area contributed by atoms with Gasteiger partial charge in [-0.25, -0.2) is 0 Å². The molecule has 19 heavy (non-hydrogen) atoms. The van der Waals surface area contributed by atoms with E-state index in [1.165, 1.54) is 0 Å². The third-order valence-corrected chi connectivity index (χ3v) is 3.86. The summed E-state index contributed by atoms with van der Waals surface area (Å²) in [5, 5.41) is 0. The standard InChI is InChI=1S/C17H16O2/c1-19-15-9-7-13(8-10-15)16(18)17(11-12-17)14-5-3-2-4-6-14/h2-10H,11-12H2,1H3. The summed E-state index contributed by atoms with van der Waals surface area (Å²) >= 11 is 0. The summed E-state index contributed by atoms with van der Waals surface area (Å²) in [6, 6.07) is 17.5. The molecule has 0 radical (unpaired) electrons. The van der Waals surface area contributed by atoms with Crippen LogP contribution in [-0.2, 0) is 5.41 Å². The van der Waals surface area contributed by atoms with Crippen LogP contribution in [0.3, 0.4) is 0 Å². The average Bonchev–Trinajstić information content (AvgIpc) is 3.29. The lowest BCUT2D eigenvalue weighted by atomic mass is 9.87. The Morgan fingerprint density at radius 1 is 1.00 bits per heavy atom. The van der Waals surface area contributed by atoms with Gasteiger partial charge in [0.25, 0.3) is 0 Å². The van der Waals surface area contributed by atoms with Crippen molar-refractivity contribution in [1.29, 1.82) is 0 Å². The summed E-state index contributed by atoms with van der Waals surface area (Å²) in [5.74, 6) is 1.00. The molecule has 1 saturated carbocycles. The first kappa shape index (κ1) is 12.0. The van der Waals surface area contributed by atoms with Crippen molar-refractivity contribution in [2.45, 2.75) is 18.3 Å². The van der Waals surface area contributed by atoms with Gasteiger partial charge in [0.1, 0.15) is 5.75 Å². The van der Waals surface area contributed by atoms with E-state index in [0.717, 1.165) is 29.7 Å². The molecule has 96 valence electrons. The average molecular weight is 252 g/mol. The minimum atomic E-state index is -0.282. The Morgan fingerprint density at radius 2 is 1.63 bits per heavy atom. The van der Waals surface area contributed by atoms with Crippen molar-refractivity contribution in [2.75, 3.05) is 7.11 Å². The van der Waals surface area contributed by atoms with Crippen LogP contribution in [0.2, 0.25) is 0 Å². The van der Waals surface area contributed by atoms with Gasteiger partial charge < -0.3 is 4.74 Å². The number of ether oxygens (including phenoxy) is 1. The molecule has 2 aromatic carbocycles. The van der Waals surface area contributed by atoms with Crippen molar-refractivity contribution in [3.63, 3.8) is 0 Å². The highest BCUT2D eigenvalue weighted by Crippen LogP contribution is 2.50. The number of carbonyl (C=O) groups is 1. The van der Waals surface area contributed by atoms with Crippen molar-refractivity contribution < 1.29 is 9.53 Å². The van der Waals surface area contributed by atoms with E-state index in [1.807, 2.05) is 42.5 Å². The zero-order chi connectivity index (χ0) is 13.3. The van der Waals surface area contributed by atoms with Crippen LogP contribution in [0.5, 0.6) is 5.75 Å². The lowest BCUT2D eigenvalue weighted by molar-refractivity contribution is 0.0946. The SMILES string of the molecule is COc1ccc(C(=O)C2(c3ccccc3)CC2)cc1. The zero-order valence-electron chi connectivity index (χ0n) is 10.9. The molecule has 0 atom stereocenters. The highest BCUT2D eigenvalue weighted by atomic mass is 16.5. The quantitative estimate of drug-likeness (QED) is 0.777. The van der Waals surface area contributed by atoms with Gasteiger partial charge in [-0.05, 0) is 42.7 Å². The third kappa shape index (κ3) is 2.03. The molecule has 0 heterocycles. The van der Waals surface area contributed by atoms with Gasteiger partial charge in [-0.2, -0.15) is 0 Å². The number of hydrogen-bond acceptors (Lipinski definition) is 2. The van der Waals surface area contributed by atoms with Crippen LogP contribution in [0.1, 0.15) is 28.8 Å². The van der Waals surface area contributed by atoms with E-state index >= 15 is 0 Å². The number of carbonyl (C=O) groups excluding carboxylic acids is 1. The highest BCUT2D eigenvalue weighted by molar-refractivity contribution is 6.06. The molecular weight excluding hydrogens is 236 g/mol. The molecule has 1 aliphatic rings. The number of ketones is 1. The summed E-state index contributed by atoms with van der Waals surface area (Å²) < 4.78 is 5.12. The van der Waals surface area contributed by atoms with Crippen LogP contribution in [-0.4, -0.2) is 12.9 Å². The molecular formula is C17H16O2. The minimum Gasteiger partial charge on any atom is -0.497 e. The number of Topliss-reactive ketones (excluding diaryl/α,β-unsaturated/α-hetero) is 1. The molecule has 2 nitrogen and oxygen atoms in total. The topological polar surface area (TPSA) is 26.3 Å². The molecule has 0 aromatic heterocycles. The van der Waals surface area contributed by atoms with Crippen LogP contribution in [0, 0.1) is 0 Å². The van der Waals surface area contributed by atoms with Gasteiger partial charge in [0, 0.05) is 5.56 Å². The van der Waals surface area contributed by atoms with Crippen molar-refractivity contribution in [1.82, 2.24) is 0 Å². The third-order valence-electron chi connectivity index (χ3n) is 3.86. The van der Waals surface area contributed by atoms with E-state index < -0.39 is 0 Å². The maximum Gasteiger partial charge on any atom is 0.173 e. The van der Waals surface area contributed by atoms with E-state index in [4.69, 9.17) is 4.74 Å². The van der Waals surface area contributed by atoms with Crippen molar-refractivity contribution in [3.8, 4) is 5.75 Å². The number of benzene rings is 2. The summed E-state index contributed by atoms with van der Waals surface area (Å²) in [6.45, 7) is 0. The first-order valence-electron chi connectivity index (χ1n) is 6.51. The maximum absolute atomic E-state index is 12.7. The molecule has 0 spiro atoms. The second kappa shape index (κ2) is 4.54. The summed E-state index contributed by atoms with van der Waals surface area (Å²) in [7, 11) is 1.63. The second-order valence-electron chi connectivity index (χ2n) is 5.01. The maximum atomic E-state index is 12.7. The van der Waals surface area contributed by atoms with E-state index in [9.17, 15) is 4.79 Å². The lowest BCUT2D eigenvalue weighted by Crippen LogP contribution is -2.20. The van der Waals surface area contributed by atoms with Gasteiger partial charge >= 0.3 is 0 Å². The number of hydrogen-bond donors (Lipinski definition) is 0. The molecule has 2 aromatic rings. The fourth-order valence-corrected chi connectivity index (χ4v) is 2.55.